The summed E-state index contributed by atoms with van der Waals surface area (Å²) in [5.74, 6) is 0.117. The summed E-state index contributed by atoms with van der Waals surface area (Å²) in [4.78, 5) is 15.9. The van der Waals surface area contributed by atoms with E-state index in [0.29, 0.717) is 17.7 Å². The number of pyridine rings is 1. The maximum atomic E-state index is 12.0. The van der Waals surface area contributed by atoms with Crippen LogP contribution >= 0.6 is 0 Å². The standard InChI is InChI=1S/C15H15N3O3/c1-10(7-13(19)14-3-2-6-21-14)18-15(20)12-5-4-11(8-16)9-17-12/h2-6,9-10,13,19H,7H2,1H3,(H,18,20). The molecule has 0 bridgehead atoms. The topological polar surface area (TPSA) is 99.2 Å². The Hall–Kier alpha value is -2.65. The van der Waals surface area contributed by atoms with Gasteiger partial charge in [-0.1, -0.05) is 0 Å². The molecule has 0 saturated heterocycles. The Labute approximate surface area is 122 Å². The van der Waals surface area contributed by atoms with Gasteiger partial charge < -0.3 is 14.8 Å². The third-order valence-corrected chi connectivity index (χ3v) is 2.95. The minimum Gasteiger partial charge on any atom is -0.467 e. The molecule has 0 aromatic carbocycles. The first-order chi connectivity index (χ1) is 10.1. The molecule has 108 valence electrons. The first-order valence-corrected chi connectivity index (χ1v) is 6.48. The van der Waals surface area contributed by atoms with Gasteiger partial charge in [0.2, 0.25) is 0 Å². The van der Waals surface area contributed by atoms with Crippen molar-refractivity contribution in [2.45, 2.75) is 25.5 Å². The predicted molar refractivity (Wildman–Crippen MR) is 74.2 cm³/mol. The molecule has 6 heteroatoms. The molecule has 2 unspecified atom stereocenters. The fraction of sp³-hybridized carbons (Fsp3) is 0.267. The second kappa shape index (κ2) is 6.68. The number of nitrogens with one attached hydrogen (secondary N) is 1. The number of nitrogens with zero attached hydrogens (tertiary/aromatic N) is 2. The Bertz CT molecular complexity index is 629. The van der Waals surface area contributed by atoms with E-state index in [1.165, 1.54) is 24.6 Å². The van der Waals surface area contributed by atoms with Gasteiger partial charge in [0.15, 0.2) is 0 Å². The van der Waals surface area contributed by atoms with Gasteiger partial charge in [0.1, 0.15) is 23.6 Å². The summed E-state index contributed by atoms with van der Waals surface area (Å²) in [5, 5.41) is 21.4. The Kier molecular flexibility index (Phi) is 4.69. The highest BCUT2D eigenvalue weighted by molar-refractivity contribution is 5.92. The number of aromatic nitrogens is 1. The van der Waals surface area contributed by atoms with Crippen LogP contribution in [0.15, 0.2) is 41.1 Å². The van der Waals surface area contributed by atoms with Gasteiger partial charge >= 0.3 is 0 Å². The molecule has 0 spiro atoms. The van der Waals surface area contributed by atoms with Crippen LogP contribution in [0, 0.1) is 11.3 Å². The van der Waals surface area contributed by atoms with Crippen LogP contribution in [-0.2, 0) is 0 Å². The summed E-state index contributed by atoms with van der Waals surface area (Å²) < 4.78 is 5.11. The first-order valence-electron chi connectivity index (χ1n) is 6.48. The van der Waals surface area contributed by atoms with Crippen LogP contribution in [0.3, 0.4) is 0 Å². The largest absolute Gasteiger partial charge is 0.467 e. The maximum Gasteiger partial charge on any atom is 0.270 e. The molecule has 2 atom stereocenters. The van der Waals surface area contributed by atoms with Gasteiger partial charge in [-0.3, -0.25) is 4.79 Å². The Morgan fingerprint density at radius 1 is 1.52 bits per heavy atom. The van der Waals surface area contributed by atoms with Crippen LogP contribution in [0.4, 0.5) is 0 Å². The van der Waals surface area contributed by atoms with Gasteiger partial charge in [0.25, 0.3) is 5.91 Å². The van der Waals surface area contributed by atoms with E-state index in [1.54, 1.807) is 19.1 Å². The quantitative estimate of drug-likeness (QED) is 0.872. The smallest absolute Gasteiger partial charge is 0.270 e. The van der Waals surface area contributed by atoms with Gasteiger partial charge in [0, 0.05) is 18.7 Å². The summed E-state index contributed by atoms with van der Waals surface area (Å²) in [7, 11) is 0. The Morgan fingerprint density at radius 3 is 2.90 bits per heavy atom. The number of furan rings is 1. The molecular formula is C15H15N3O3. The van der Waals surface area contributed by atoms with Crippen LogP contribution in [0.2, 0.25) is 0 Å². The summed E-state index contributed by atoms with van der Waals surface area (Å²) >= 11 is 0. The zero-order valence-corrected chi connectivity index (χ0v) is 11.5. The lowest BCUT2D eigenvalue weighted by atomic mass is 10.1. The highest BCUT2D eigenvalue weighted by Gasteiger charge is 2.17. The number of carbonyl (C=O) groups is 1. The summed E-state index contributed by atoms with van der Waals surface area (Å²) in [6.07, 6.45) is 2.39. The second-order valence-corrected chi connectivity index (χ2v) is 4.69. The maximum absolute atomic E-state index is 12.0. The molecule has 21 heavy (non-hydrogen) atoms. The van der Waals surface area contributed by atoms with E-state index >= 15 is 0 Å². The number of carbonyl (C=O) groups excluding carboxylic acids is 1. The van der Waals surface area contributed by atoms with E-state index in [2.05, 4.69) is 10.3 Å². The number of hydrogen-bond acceptors (Lipinski definition) is 5. The van der Waals surface area contributed by atoms with Gasteiger partial charge in [-0.25, -0.2) is 4.98 Å². The van der Waals surface area contributed by atoms with Gasteiger partial charge in [-0.15, -0.1) is 0 Å². The highest BCUT2D eigenvalue weighted by Crippen LogP contribution is 2.18. The van der Waals surface area contributed by atoms with Crippen molar-refractivity contribution in [3.8, 4) is 6.07 Å². The van der Waals surface area contributed by atoms with Crippen molar-refractivity contribution in [3.05, 3.63) is 53.7 Å². The lowest BCUT2D eigenvalue weighted by Gasteiger charge is -2.16. The predicted octanol–water partition coefficient (Wildman–Crippen LogP) is 1.79. The lowest BCUT2D eigenvalue weighted by molar-refractivity contribution is 0.0898. The average molecular weight is 285 g/mol. The molecule has 2 heterocycles. The molecule has 6 nitrogen and oxygen atoms in total. The molecule has 0 radical (unpaired) electrons. The summed E-state index contributed by atoms with van der Waals surface area (Å²) in [6.45, 7) is 1.79. The number of aliphatic hydroxyl groups is 1. The van der Waals surface area contributed by atoms with Crippen molar-refractivity contribution in [2.24, 2.45) is 0 Å². The van der Waals surface area contributed by atoms with Crippen LogP contribution in [0.25, 0.3) is 0 Å². The second-order valence-electron chi connectivity index (χ2n) is 4.69. The summed E-state index contributed by atoms with van der Waals surface area (Å²) in [6, 6.07) is 8.08. The van der Waals surface area contributed by atoms with Crippen molar-refractivity contribution < 1.29 is 14.3 Å². The Balaban J connectivity index is 1.91. The van der Waals surface area contributed by atoms with E-state index in [-0.39, 0.29) is 17.6 Å². The molecule has 2 aromatic heterocycles. The molecule has 1 amide bonds. The average Bonchev–Trinajstić information content (AvgIpc) is 3.01. The van der Waals surface area contributed by atoms with Gasteiger partial charge in [-0.05, 0) is 31.2 Å². The van der Waals surface area contributed by atoms with Gasteiger partial charge in [0.05, 0.1) is 11.8 Å². The van der Waals surface area contributed by atoms with E-state index < -0.39 is 6.10 Å². The van der Waals surface area contributed by atoms with E-state index in [1.807, 2.05) is 6.07 Å². The zero-order chi connectivity index (χ0) is 15.2. The van der Waals surface area contributed by atoms with Crippen molar-refractivity contribution in [1.82, 2.24) is 10.3 Å². The molecule has 2 N–H and O–H groups in total. The molecule has 2 aromatic rings. The monoisotopic (exact) mass is 285 g/mol. The van der Waals surface area contributed by atoms with Crippen molar-refractivity contribution in [3.63, 3.8) is 0 Å². The van der Waals surface area contributed by atoms with Crippen molar-refractivity contribution in [2.75, 3.05) is 0 Å². The number of rotatable bonds is 5. The summed E-state index contributed by atoms with van der Waals surface area (Å²) in [5.41, 5.74) is 0.626. The Morgan fingerprint density at radius 2 is 2.33 bits per heavy atom. The minimum absolute atomic E-state index is 0.230. The first kappa shape index (κ1) is 14.8. The third kappa shape index (κ3) is 3.91. The molecule has 0 aliphatic rings. The highest BCUT2D eigenvalue weighted by atomic mass is 16.4. The number of nitriles is 1. The normalized spacial score (nSPS) is 13.2. The molecule has 0 aliphatic heterocycles. The van der Waals surface area contributed by atoms with E-state index in [4.69, 9.17) is 9.68 Å². The van der Waals surface area contributed by atoms with Crippen LogP contribution in [0.1, 0.15) is 41.3 Å². The number of hydrogen-bond donors (Lipinski definition) is 2. The molecule has 2 rings (SSSR count). The zero-order valence-electron chi connectivity index (χ0n) is 11.5. The van der Waals surface area contributed by atoms with Crippen LogP contribution in [-0.4, -0.2) is 22.0 Å². The van der Waals surface area contributed by atoms with Gasteiger partial charge in [-0.2, -0.15) is 5.26 Å². The molecule has 0 saturated carbocycles. The van der Waals surface area contributed by atoms with E-state index in [9.17, 15) is 9.90 Å². The molecular weight excluding hydrogens is 270 g/mol. The number of amides is 1. The van der Waals surface area contributed by atoms with Crippen molar-refractivity contribution in [1.29, 1.82) is 5.26 Å². The minimum atomic E-state index is -0.774. The van der Waals surface area contributed by atoms with Crippen LogP contribution in [0.5, 0.6) is 0 Å². The fourth-order valence-corrected chi connectivity index (χ4v) is 1.88. The van der Waals surface area contributed by atoms with E-state index in [0.717, 1.165) is 0 Å². The lowest BCUT2D eigenvalue weighted by Crippen LogP contribution is -2.34. The number of aliphatic hydroxyl groups excluding tert-OH is 1. The molecule has 0 aliphatic carbocycles. The fourth-order valence-electron chi connectivity index (χ4n) is 1.88. The molecule has 0 fully saturated rings. The van der Waals surface area contributed by atoms with Crippen molar-refractivity contribution >= 4 is 5.91 Å². The third-order valence-electron chi connectivity index (χ3n) is 2.95. The van der Waals surface area contributed by atoms with Crippen LogP contribution < -0.4 is 5.32 Å². The SMILES string of the molecule is CC(CC(O)c1ccco1)NC(=O)c1ccc(C#N)cn1.